The molecule has 0 radical (unpaired) electrons. The summed E-state index contributed by atoms with van der Waals surface area (Å²) in [5, 5.41) is 0. The Morgan fingerprint density at radius 2 is 1.67 bits per heavy atom. The number of likely N-dealkylation sites (tertiary alicyclic amines) is 1. The summed E-state index contributed by atoms with van der Waals surface area (Å²) in [4.78, 5) is 33.6. The molecular formula is C23H33FN4O2. The number of hydrogen-bond donors (Lipinski definition) is 0. The SMILES string of the molecule is CC(=O)N1CCC(N2CCN3C(CN(C(=O)c4ccccc4F)CC3(C)C)C2)CC1. The summed E-state index contributed by atoms with van der Waals surface area (Å²) in [7, 11) is 0. The van der Waals surface area contributed by atoms with E-state index in [0.717, 1.165) is 45.6 Å². The van der Waals surface area contributed by atoms with Gasteiger partial charge in [0.15, 0.2) is 0 Å². The van der Waals surface area contributed by atoms with Gasteiger partial charge in [-0.3, -0.25) is 19.4 Å². The van der Waals surface area contributed by atoms with Crippen LogP contribution in [0.5, 0.6) is 0 Å². The van der Waals surface area contributed by atoms with Crippen molar-refractivity contribution in [3.05, 3.63) is 35.6 Å². The first-order valence-electron chi connectivity index (χ1n) is 11.1. The maximum atomic E-state index is 14.2. The van der Waals surface area contributed by atoms with Crippen LogP contribution in [0.1, 0.15) is 44.0 Å². The van der Waals surface area contributed by atoms with Crippen molar-refractivity contribution in [2.45, 2.75) is 51.2 Å². The molecule has 30 heavy (non-hydrogen) atoms. The van der Waals surface area contributed by atoms with Crippen molar-refractivity contribution in [2.24, 2.45) is 0 Å². The lowest BCUT2D eigenvalue weighted by Crippen LogP contribution is -2.71. The second-order valence-electron chi connectivity index (χ2n) is 9.56. The number of piperidine rings is 1. The minimum Gasteiger partial charge on any atom is -0.343 e. The van der Waals surface area contributed by atoms with Crippen LogP contribution in [-0.2, 0) is 4.79 Å². The van der Waals surface area contributed by atoms with Crippen molar-refractivity contribution in [1.29, 1.82) is 0 Å². The third-order valence-corrected chi connectivity index (χ3v) is 7.12. The van der Waals surface area contributed by atoms with Crippen LogP contribution in [0.4, 0.5) is 4.39 Å². The summed E-state index contributed by atoms with van der Waals surface area (Å²) in [6.45, 7) is 11.8. The maximum Gasteiger partial charge on any atom is 0.256 e. The lowest BCUT2D eigenvalue weighted by molar-refractivity contribution is -0.130. The van der Waals surface area contributed by atoms with E-state index in [-0.39, 0.29) is 29.0 Å². The van der Waals surface area contributed by atoms with Crippen LogP contribution in [0.15, 0.2) is 24.3 Å². The highest BCUT2D eigenvalue weighted by Gasteiger charge is 2.45. The summed E-state index contributed by atoms with van der Waals surface area (Å²) in [6, 6.07) is 6.99. The molecule has 3 aliphatic rings. The van der Waals surface area contributed by atoms with Crippen LogP contribution < -0.4 is 0 Å². The number of piperazine rings is 2. The lowest BCUT2D eigenvalue weighted by Gasteiger charge is -2.56. The first-order chi connectivity index (χ1) is 14.3. The topological polar surface area (TPSA) is 47.1 Å². The van der Waals surface area contributed by atoms with Gasteiger partial charge in [-0.1, -0.05) is 12.1 Å². The molecule has 1 aromatic carbocycles. The average Bonchev–Trinajstić information content (AvgIpc) is 2.72. The number of carbonyl (C=O) groups is 2. The Kier molecular flexibility index (Phi) is 5.86. The van der Waals surface area contributed by atoms with E-state index in [2.05, 4.69) is 23.6 Å². The molecule has 0 aliphatic carbocycles. The Morgan fingerprint density at radius 3 is 2.33 bits per heavy atom. The second-order valence-corrected chi connectivity index (χ2v) is 9.56. The number of carbonyl (C=O) groups excluding carboxylic acids is 2. The summed E-state index contributed by atoms with van der Waals surface area (Å²) < 4.78 is 14.2. The fourth-order valence-corrected chi connectivity index (χ4v) is 5.55. The minimum absolute atomic E-state index is 0.145. The van der Waals surface area contributed by atoms with Gasteiger partial charge in [0.25, 0.3) is 5.91 Å². The van der Waals surface area contributed by atoms with Gasteiger partial charge in [0.1, 0.15) is 5.82 Å². The van der Waals surface area contributed by atoms with Crippen molar-refractivity contribution in [2.75, 3.05) is 45.8 Å². The molecule has 3 saturated heterocycles. The van der Waals surface area contributed by atoms with Gasteiger partial charge < -0.3 is 9.80 Å². The molecule has 2 amide bonds. The van der Waals surface area contributed by atoms with Gasteiger partial charge in [0.2, 0.25) is 5.91 Å². The number of benzene rings is 1. The van der Waals surface area contributed by atoms with Crippen LogP contribution >= 0.6 is 0 Å². The third-order valence-electron chi connectivity index (χ3n) is 7.12. The standard InChI is InChI=1S/C23H33FN4O2/c1-17(29)25-10-8-18(9-11-25)26-12-13-28-19(14-26)15-27(16-23(28,2)3)22(30)20-6-4-5-7-21(20)24/h4-7,18-19H,8-16H2,1-3H3. The summed E-state index contributed by atoms with van der Waals surface area (Å²) in [5.41, 5.74) is 0.0134. The monoisotopic (exact) mass is 416 g/mol. The first kappa shape index (κ1) is 21.2. The Labute approximate surface area is 178 Å². The lowest BCUT2D eigenvalue weighted by atomic mass is 9.91. The zero-order valence-corrected chi connectivity index (χ0v) is 18.3. The van der Waals surface area contributed by atoms with E-state index in [1.807, 2.05) is 9.80 Å². The van der Waals surface area contributed by atoms with Gasteiger partial charge in [-0.25, -0.2) is 4.39 Å². The Bertz CT molecular complexity index is 806. The van der Waals surface area contributed by atoms with Gasteiger partial charge in [0.05, 0.1) is 5.56 Å². The fourth-order valence-electron chi connectivity index (χ4n) is 5.55. The summed E-state index contributed by atoms with van der Waals surface area (Å²) in [5.74, 6) is -0.507. The first-order valence-corrected chi connectivity index (χ1v) is 11.1. The molecule has 7 heteroatoms. The molecule has 1 unspecified atom stereocenters. The Balaban J connectivity index is 1.45. The zero-order valence-electron chi connectivity index (χ0n) is 18.3. The molecule has 1 aromatic rings. The molecular weight excluding hydrogens is 383 g/mol. The van der Waals surface area contributed by atoms with Gasteiger partial charge in [-0.05, 0) is 38.8 Å². The largest absolute Gasteiger partial charge is 0.343 e. The third kappa shape index (κ3) is 4.10. The molecule has 0 saturated carbocycles. The molecule has 0 aromatic heterocycles. The van der Waals surface area contributed by atoms with E-state index >= 15 is 0 Å². The number of nitrogens with zero attached hydrogens (tertiary/aromatic N) is 4. The number of fused-ring (bicyclic) bond motifs is 1. The van der Waals surface area contributed by atoms with Gasteiger partial charge in [-0.15, -0.1) is 0 Å². The summed E-state index contributed by atoms with van der Waals surface area (Å²) >= 11 is 0. The van der Waals surface area contributed by atoms with E-state index in [1.165, 1.54) is 6.07 Å². The van der Waals surface area contributed by atoms with E-state index in [0.29, 0.717) is 19.1 Å². The van der Waals surface area contributed by atoms with Crippen molar-refractivity contribution >= 4 is 11.8 Å². The van der Waals surface area contributed by atoms with Crippen LogP contribution in [-0.4, -0.2) is 94.8 Å². The van der Waals surface area contributed by atoms with Gasteiger partial charge >= 0.3 is 0 Å². The van der Waals surface area contributed by atoms with Crippen LogP contribution in [0.25, 0.3) is 0 Å². The van der Waals surface area contributed by atoms with E-state index in [4.69, 9.17) is 0 Å². The highest BCUT2D eigenvalue weighted by molar-refractivity contribution is 5.94. The van der Waals surface area contributed by atoms with Crippen molar-refractivity contribution in [3.8, 4) is 0 Å². The molecule has 0 spiro atoms. The predicted octanol–water partition coefficient (Wildman–Crippen LogP) is 2.06. The molecule has 3 fully saturated rings. The summed E-state index contributed by atoms with van der Waals surface area (Å²) in [6.07, 6.45) is 2.02. The molecule has 3 heterocycles. The normalized spacial score (nSPS) is 25.8. The predicted molar refractivity (Wildman–Crippen MR) is 114 cm³/mol. The Morgan fingerprint density at radius 1 is 0.967 bits per heavy atom. The van der Waals surface area contributed by atoms with Gasteiger partial charge in [0, 0.05) is 70.4 Å². The van der Waals surface area contributed by atoms with Gasteiger partial charge in [-0.2, -0.15) is 0 Å². The average molecular weight is 417 g/mol. The number of amides is 2. The number of hydrogen-bond acceptors (Lipinski definition) is 4. The smallest absolute Gasteiger partial charge is 0.256 e. The highest BCUT2D eigenvalue weighted by Crippen LogP contribution is 2.31. The van der Waals surface area contributed by atoms with Crippen LogP contribution in [0.2, 0.25) is 0 Å². The number of rotatable bonds is 2. The number of halogens is 1. The fraction of sp³-hybridized carbons (Fsp3) is 0.652. The Hall–Kier alpha value is -1.99. The second kappa shape index (κ2) is 8.27. The van der Waals surface area contributed by atoms with Crippen LogP contribution in [0, 0.1) is 5.82 Å². The van der Waals surface area contributed by atoms with Crippen LogP contribution in [0.3, 0.4) is 0 Å². The van der Waals surface area contributed by atoms with E-state index in [1.54, 1.807) is 25.1 Å². The molecule has 1 atom stereocenters. The molecule has 6 nitrogen and oxygen atoms in total. The quantitative estimate of drug-likeness (QED) is 0.741. The molecule has 164 valence electrons. The van der Waals surface area contributed by atoms with Crippen molar-refractivity contribution < 1.29 is 14.0 Å². The van der Waals surface area contributed by atoms with Crippen molar-refractivity contribution in [1.82, 2.24) is 19.6 Å². The van der Waals surface area contributed by atoms with E-state index in [9.17, 15) is 14.0 Å². The van der Waals surface area contributed by atoms with Crippen molar-refractivity contribution in [3.63, 3.8) is 0 Å². The molecule has 0 N–H and O–H groups in total. The molecule has 3 aliphatic heterocycles. The molecule has 0 bridgehead atoms. The zero-order chi connectivity index (χ0) is 21.5. The minimum atomic E-state index is -0.453. The maximum absolute atomic E-state index is 14.2. The highest BCUT2D eigenvalue weighted by atomic mass is 19.1. The molecule has 4 rings (SSSR count). The van der Waals surface area contributed by atoms with E-state index < -0.39 is 5.82 Å².